The van der Waals surface area contributed by atoms with Gasteiger partial charge in [0.25, 0.3) is 5.56 Å². The van der Waals surface area contributed by atoms with Crippen molar-refractivity contribution < 1.29 is 14.6 Å². The van der Waals surface area contributed by atoms with Crippen molar-refractivity contribution in [2.75, 3.05) is 7.11 Å². The number of hydrogen-bond acceptors (Lipinski definition) is 6. The summed E-state index contributed by atoms with van der Waals surface area (Å²) < 4.78 is 6.26. The molecule has 1 fully saturated rings. The van der Waals surface area contributed by atoms with E-state index in [1.807, 2.05) is 30.5 Å². The monoisotopic (exact) mass is 466 g/mol. The summed E-state index contributed by atoms with van der Waals surface area (Å²) in [6, 6.07) is 6.63. The Morgan fingerprint density at radius 3 is 2.68 bits per heavy atom. The average molecular weight is 467 g/mol. The van der Waals surface area contributed by atoms with E-state index in [1.165, 1.54) is 11.7 Å². The van der Waals surface area contributed by atoms with Crippen molar-refractivity contribution in [2.45, 2.75) is 64.0 Å². The molecular formula is C25H30N4O5. The van der Waals surface area contributed by atoms with Crippen molar-refractivity contribution in [2.24, 2.45) is 4.99 Å². The summed E-state index contributed by atoms with van der Waals surface area (Å²) >= 11 is 0. The Morgan fingerprint density at radius 1 is 1.24 bits per heavy atom. The summed E-state index contributed by atoms with van der Waals surface area (Å²) in [4.78, 5) is 48.1. The van der Waals surface area contributed by atoms with Crippen LogP contribution in [-0.2, 0) is 16.0 Å². The minimum absolute atomic E-state index is 0.0690. The number of H-pyrrole nitrogens is 2. The lowest BCUT2D eigenvalue weighted by atomic mass is 9.95. The van der Waals surface area contributed by atoms with Crippen LogP contribution in [0.4, 0.5) is 0 Å². The number of benzene rings is 1. The van der Waals surface area contributed by atoms with Gasteiger partial charge >= 0.3 is 11.7 Å². The molecule has 9 heteroatoms. The summed E-state index contributed by atoms with van der Waals surface area (Å²) in [5, 5.41) is 12.0. The number of aromatic amines is 2. The number of aliphatic imine (C=N–C) groups is 1. The third-order valence-electron chi connectivity index (χ3n) is 6.55. The van der Waals surface area contributed by atoms with Crippen molar-refractivity contribution in [3.63, 3.8) is 0 Å². The van der Waals surface area contributed by atoms with Gasteiger partial charge in [0.15, 0.2) is 6.04 Å². The van der Waals surface area contributed by atoms with Crippen LogP contribution < -0.4 is 11.2 Å². The van der Waals surface area contributed by atoms with E-state index in [-0.39, 0.29) is 30.2 Å². The number of methoxy groups -OCH3 is 1. The van der Waals surface area contributed by atoms with Crippen LogP contribution in [0.5, 0.6) is 5.88 Å². The van der Waals surface area contributed by atoms with Crippen LogP contribution in [-0.4, -0.2) is 44.5 Å². The lowest BCUT2D eigenvalue weighted by Gasteiger charge is -2.25. The van der Waals surface area contributed by atoms with Crippen LogP contribution in [0.15, 0.2) is 45.0 Å². The molecule has 1 unspecified atom stereocenters. The van der Waals surface area contributed by atoms with Crippen molar-refractivity contribution >= 4 is 22.6 Å². The van der Waals surface area contributed by atoms with E-state index >= 15 is 0 Å². The maximum atomic E-state index is 12.8. The summed E-state index contributed by atoms with van der Waals surface area (Å²) in [6.07, 6.45) is 6.85. The van der Waals surface area contributed by atoms with Gasteiger partial charge in [-0.05, 0) is 30.9 Å². The summed E-state index contributed by atoms with van der Waals surface area (Å²) in [5.41, 5.74) is 0.659. The number of rotatable bonds is 7. The van der Waals surface area contributed by atoms with Gasteiger partial charge in [0, 0.05) is 29.6 Å². The predicted octanol–water partition coefficient (Wildman–Crippen LogP) is 3.21. The molecule has 3 aromatic rings. The molecule has 0 amide bonds. The predicted molar refractivity (Wildman–Crippen MR) is 130 cm³/mol. The third kappa shape index (κ3) is 4.55. The normalized spacial score (nSPS) is 16.0. The Bertz CT molecular complexity index is 1330. The first-order valence-corrected chi connectivity index (χ1v) is 11.7. The van der Waals surface area contributed by atoms with Crippen molar-refractivity contribution in [1.82, 2.24) is 14.5 Å². The van der Waals surface area contributed by atoms with E-state index in [0.717, 1.165) is 48.6 Å². The standard InChI is InChI=1S/C25H30N4O5/c1-3-18(21-22(30)28-25(33)29(23(21)31)16-9-5-4-6-10-16)27-20(24(32)34-2)13-15-14-26-19-12-8-7-11-17(15)19/h7-8,11-12,14,16,20,26,31H,3-6,9-10,13H2,1-2H3,(H,28,30,33). The van der Waals surface area contributed by atoms with E-state index in [4.69, 9.17) is 4.74 Å². The van der Waals surface area contributed by atoms with Crippen LogP contribution in [0.1, 0.15) is 62.6 Å². The van der Waals surface area contributed by atoms with Crippen LogP contribution in [0.3, 0.4) is 0 Å². The first kappa shape index (κ1) is 23.5. The molecule has 0 saturated heterocycles. The number of aromatic nitrogens is 3. The van der Waals surface area contributed by atoms with Gasteiger partial charge in [0.2, 0.25) is 5.88 Å². The number of carbonyl (C=O) groups excluding carboxylic acids is 1. The molecule has 1 aliphatic carbocycles. The molecular weight excluding hydrogens is 436 g/mol. The smallest absolute Gasteiger partial charge is 0.331 e. The Labute approximate surface area is 196 Å². The van der Waals surface area contributed by atoms with E-state index in [9.17, 15) is 19.5 Å². The molecule has 2 heterocycles. The molecule has 4 rings (SSSR count). The number of nitrogens with one attached hydrogen (secondary N) is 2. The van der Waals surface area contributed by atoms with Gasteiger partial charge in [0.05, 0.1) is 12.8 Å². The van der Waals surface area contributed by atoms with Gasteiger partial charge in [-0.15, -0.1) is 0 Å². The van der Waals surface area contributed by atoms with Gasteiger partial charge in [-0.3, -0.25) is 19.3 Å². The summed E-state index contributed by atoms with van der Waals surface area (Å²) in [7, 11) is 1.29. The molecule has 1 aromatic carbocycles. The second-order valence-corrected chi connectivity index (χ2v) is 8.65. The fourth-order valence-corrected chi connectivity index (χ4v) is 4.82. The molecule has 180 valence electrons. The Morgan fingerprint density at radius 2 is 1.97 bits per heavy atom. The van der Waals surface area contributed by atoms with Gasteiger partial charge < -0.3 is 14.8 Å². The molecule has 0 aliphatic heterocycles. The highest BCUT2D eigenvalue weighted by Gasteiger charge is 2.27. The van der Waals surface area contributed by atoms with Gasteiger partial charge in [-0.2, -0.15) is 0 Å². The molecule has 0 spiro atoms. The number of hydrogen-bond donors (Lipinski definition) is 3. The van der Waals surface area contributed by atoms with Crippen LogP contribution in [0.2, 0.25) is 0 Å². The fourth-order valence-electron chi connectivity index (χ4n) is 4.82. The zero-order valence-electron chi connectivity index (χ0n) is 19.5. The van der Waals surface area contributed by atoms with E-state index < -0.39 is 29.1 Å². The highest BCUT2D eigenvalue weighted by molar-refractivity contribution is 6.03. The maximum absolute atomic E-state index is 12.8. The molecule has 0 bridgehead atoms. The third-order valence-corrected chi connectivity index (χ3v) is 6.55. The van der Waals surface area contributed by atoms with Gasteiger partial charge in [-0.1, -0.05) is 44.4 Å². The molecule has 2 aromatic heterocycles. The van der Waals surface area contributed by atoms with Crippen molar-refractivity contribution in [1.29, 1.82) is 0 Å². The largest absolute Gasteiger partial charge is 0.494 e. The molecule has 9 nitrogen and oxygen atoms in total. The highest BCUT2D eigenvalue weighted by atomic mass is 16.5. The van der Waals surface area contributed by atoms with E-state index in [2.05, 4.69) is 15.0 Å². The fraction of sp³-hybridized carbons (Fsp3) is 0.440. The Kier molecular flexibility index (Phi) is 7.00. The van der Waals surface area contributed by atoms with Crippen molar-refractivity contribution in [3.8, 4) is 5.88 Å². The van der Waals surface area contributed by atoms with Crippen LogP contribution in [0.25, 0.3) is 10.9 Å². The summed E-state index contributed by atoms with van der Waals surface area (Å²) in [6.45, 7) is 1.79. The number of fused-ring (bicyclic) bond motifs is 1. The van der Waals surface area contributed by atoms with Gasteiger partial charge in [0.1, 0.15) is 5.56 Å². The first-order chi connectivity index (χ1) is 16.4. The number of carbonyl (C=O) groups is 1. The lowest BCUT2D eigenvalue weighted by molar-refractivity contribution is -0.142. The minimum atomic E-state index is -0.923. The first-order valence-electron chi connectivity index (χ1n) is 11.7. The molecule has 1 saturated carbocycles. The molecule has 34 heavy (non-hydrogen) atoms. The number of ether oxygens (including phenoxy) is 1. The van der Waals surface area contributed by atoms with Crippen molar-refractivity contribution in [3.05, 3.63) is 62.4 Å². The topological polar surface area (TPSA) is 130 Å². The summed E-state index contributed by atoms with van der Waals surface area (Å²) in [5.74, 6) is -0.940. The quantitative estimate of drug-likeness (QED) is 0.364. The molecule has 1 atom stereocenters. The highest BCUT2D eigenvalue weighted by Crippen LogP contribution is 2.30. The van der Waals surface area contributed by atoms with E-state index in [1.54, 1.807) is 6.92 Å². The maximum Gasteiger partial charge on any atom is 0.331 e. The zero-order valence-corrected chi connectivity index (χ0v) is 19.5. The Balaban J connectivity index is 1.77. The number of esters is 1. The number of aromatic hydroxyl groups is 1. The molecule has 0 radical (unpaired) electrons. The van der Waals surface area contributed by atoms with Crippen LogP contribution in [0, 0.1) is 0 Å². The lowest BCUT2D eigenvalue weighted by Crippen LogP contribution is -2.37. The van der Waals surface area contributed by atoms with Crippen LogP contribution >= 0.6 is 0 Å². The molecule has 1 aliphatic rings. The van der Waals surface area contributed by atoms with E-state index in [0.29, 0.717) is 0 Å². The number of para-hydroxylation sites is 1. The van der Waals surface area contributed by atoms with Gasteiger partial charge in [-0.25, -0.2) is 9.59 Å². The second-order valence-electron chi connectivity index (χ2n) is 8.65. The minimum Gasteiger partial charge on any atom is -0.494 e. The number of nitrogens with zero attached hydrogens (tertiary/aromatic N) is 2. The average Bonchev–Trinajstić information content (AvgIpc) is 3.25. The second kappa shape index (κ2) is 10.1. The zero-order chi connectivity index (χ0) is 24.2. The molecule has 3 N–H and O–H groups in total. The Hall–Kier alpha value is -3.62. The SMILES string of the molecule is CCC(=NC(Cc1c[nH]c2ccccc12)C(=O)OC)c1c(O)n(C2CCCCC2)c(=O)[nH]c1=O.